The van der Waals surface area contributed by atoms with Gasteiger partial charge in [0.15, 0.2) is 5.82 Å². The normalized spacial score (nSPS) is 17.1. The number of ether oxygens (including phenoxy) is 2. The fourth-order valence-corrected chi connectivity index (χ4v) is 4.70. The highest BCUT2D eigenvalue weighted by molar-refractivity contribution is 6.01. The monoisotopic (exact) mass is 484 g/mol. The van der Waals surface area contributed by atoms with Crippen LogP contribution in [0, 0.1) is 0 Å². The maximum atomic E-state index is 13.9. The van der Waals surface area contributed by atoms with Gasteiger partial charge in [0.2, 0.25) is 5.91 Å². The summed E-state index contributed by atoms with van der Waals surface area (Å²) in [7, 11) is 3.16. The van der Waals surface area contributed by atoms with Crippen molar-refractivity contribution in [3.63, 3.8) is 0 Å². The van der Waals surface area contributed by atoms with E-state index in [2.05, 4.69) is 10.3 Å². The Morgan fingerprint density at radius 2 is 1.78 bits per heavy atom. The molecule has 0 bridgehead atoms. The molecule has 184 valence electrons. The van der Waals surface area contributed by atoms with E-state index < -0.39 is 5.54 Å². The molecule has 4 aromatic rings. The summed E-state index contributed by atoms with van der Waals surface area (Å²) in [5.41, 5.74) is 2.11. The summed E-state index contributed by atoms with van der Waals surface area (Å²) in [6.07, 6.45) is 0. The van der Waals surface area contributed by atoms with Crippen molar-refractivity contribution in [1.82, 2.24) is 19.8 Å². The van der Waals surface area contributed by atoms with Crippen molar-refractivity contribution in [2.45, 2.75) is 32.1 Å². The number of rotatable bonds is 7. The van der Waals surface area contributed by atoms with E-state index in [9.17, 15) is 9.59 Å². The molecular weight excluding hydrogens is 456 g/mol. The molecule has 0 radical (unpaired) electrons. The first-order valence-electron chi connectivity index (χ1n) is 11.7. The molecule has 5 rings (SSSR count). The van der Waals surface area contributed by atoms with E-state index in [0.717, 1.165) is 22.2 Å². The summed E-state index contributed by atoms with van der Waals surface area (Å²) in [5, 5.41) is 3.05. The third kappa shape index (κ3) is 4.04. The molecule has 3 aromatic carbocycles. The third-order valence-electron chi connectivity index (χ3n) is 6.76. The van der Waals surface area contributed by atoms with E-state index in [4.69, 9.17) is 9.47 Å². The van der Waals surface area contributed by atoms with Crippen LogP contribution in [0.4, 0.5) is 0 Å². The SMILES string of the molecule is COc1ccc(CN2C(=O)c3nc4ccccc4n3C[C@@]2(C)C(=O)NCc2ccccc2)c(OC)c1. The van der Waals surface area contributed by atoms with Crippen LogP contribution in [0.1, 0.15) is 28.7 Å². The smallest absolute Gasteiger partial charge is 0.291 e. The van der Waals surface area contributed by atoms with Crippen LogP contribution >= 0.6 is 0 Å². The fourth-order valence-electron chi connectivity index (χ4n) is 4.70. The van der Waals surface area contributed by atoms with Crippen molar-refractivity contribution in [2.75, 3.05) is 14.2 Å². The molecule has 2 amide bonds. The van der Waals surface area contributed by atoms with E-state index >= 15 is 0 Å². The van der Waals surface area contributed by atoms with Crippen LogP contribution in [-0.4, -0.2) is 46.0 Å². The number of benzene rings is 3. The molecule has 8 nitrogen and oxygen atoms in total. The Bertz CT molecular complexity index is 1430. The van der Waals surface area contributed by atoms with E-state index in [1.165, 1.54) is 0 Å². The number of imidazole rings is 1. The Hall–Kier alpha value is -4.33. The molecule has 0 aliphatic carbocycles. The van der Waals surface area contributed by atoms with Gasteiger partial charge in [0, 0.05) is 18.2 Å². The molecule has 1 atom stereocenters. The molecule has 2 heterocycles. The zero-order valence-corrected chi connectivity index (χ0v) is 20.5. The Morgan fingerprint density at radius 3 is 2.53 bits per heavy atom. The van der Waals surface area contributed by atoms with Crippen molar-refractivity contribution >= 4 is 22.8 Å². The van der Waals surface area contributed by atoms with E-state index in [0.29, 0.717) is 23.9 Å². The largest absolute Gasteiger partial charge is 0.497 e. The van der Waals surface area contributed by atoms with Crippen molar-refractivity contribution in [3.8, 4) is 11.5 Å². The summed E-state index contributed by atoms with van der Waals surface area (Å²) in [6, 6.07) is 22.7. The van der Waals surface area contributed by atoms with Gasteiger partial charge < -0.3 is 24.3 Å². The Balaban J connectivity index is 1.55. The number of aromatic nitrogens is 2. The second-order valence-electron chi connectivity index (χ2n) is 9.02. The van der Waals surface area contributed by atoms with Gasteiger partial charge in [-0.05, 0) is 36.8 Å². The molecule has 0 saturated carbocycles. The summed E-state index contributed by atoms with van der Waals surface area (Å²) in [6.45, 7) is 2.61. The molecule has 0 saturated heterocycles. The lowest BCUT2D eigenvalue weighted by Crippen LogP contribution is -2.63. The molecule has 1 aliphatic heterocycles. The molecule has 1 aromatic heterocycles. The third-order valence-corrected chi connectivity index (χ3v) is 6.76. The van der Waals surface area contributed by atoms with Crippen LogP contribution in [0.15, 0.2) is 72.8 Å². The van der Waals surface area contributed by atoms with Gasteiger partial charge in [-0.1, -0.05) is 42.5 Å². The van der Waals surface area contributed by atoms with Gasteiger partial charge in [0.05, 0.1) is 38.3 Å². The first kappa shape index (κ1) is 23.4. The van der Waals surface area contributed by atoms with E-state index in [1.54, 1.807) is 32.1 Å². The van der Waals surface area contributed by atoms with Crippen LogP contribution in [0.5, 0.6) is 11.5 Å². The van der Waals surface area contributed by atoms with Gasteiger partial charge in [0.25, 0.3) is 5.91 Å². The van der Waals surface area contributed by atoms with E-state index in [1.807, 2.05) is 71.3 Å². The van der Waals surface area contributed by atoms with Gasteiger partial charge >= 0.3 is 0 Å². The summed E-state index contributed by atoms with van der Waals surface area (Å²) >= 11 is 0. The van der Waals surface area contributed by atoms with E-state index in [-0.39, 0.29) is 24.9 Å². The Kier molecular flexibility index (Phi) is 6.10. The first-order chi connectivity index (χ1) is 17.4. The van der Waals surface area contributed by atoms with Gasteiger partial charge in [-0.2, -0.15) is 0 Å². The number of hydrogen-bond acceptors (Lipinski definition) is 5. The number of para-hydroxylation sites is 2. The fraction of sp³-hybridized carbons (Fsp3) is 0.250. The maximum absolute atomic E-state index is 13.9. The zero-order chi connectivity index (χ0) is 25.3. The van der Waals surface area contributed by atoms with Crippen molar-refractivity contribution < 1.29 is 19.1 Å². The molecule has 36 heavy (non-hydrogen) atoms. The summed E-state index contributed by atoms with van der Waals surface area (Å²) < 4.78 is 12.7. The molecule has 1 aliphatic rings. The van der Waals surface area contributed by atoms with Crippen molar-refractivity contribution in [3.05, 3.63) is 89.7 Å². The molecule has 0 spiro atoms. The second-order valence-corrected chi connectivity index (χ2v) is 9.02. The predicted molar refractivity (Wildman–Crippen MR) is 136 cm³/mol. The highest BCUT2D eigenvalue weighted by Crippen LogP contribution is 2.34. The minimum atomic E-state index is -1.17. The van der Waals surface area contributed by atoms with Crippen LogP contribution in [0.3, 0.4) is 0 Å². The standard InChI is InChI=1S/C28H28N4O4/c1-28(27(34)29-16-19-9-5-4-6-10-19)18-31-23-12-8-7-11-22(23)30-25(31)26(33)32(28)17-20-13-14-21(35-2)15-24(20)36-3/h4-15H,16-18H2,1-3H3,(H,29,34)/t28-/m0/s1. The average molecular weight is 485 g/mol. The zero-order valence-electron chi connectivity index (χ0n) is 20.5. The van der Waals surface area contributed by atoms with Gasteiger partial charge in [-0.15, -0.1) is 0 Å². The quantitative estimate of drug-likeness (QED) is 0.432. The molecule has 8 heteroatoms. The molecular formula is C28H28N4O4. The Morgan fingerprint density at radius 1 is 1.03 bits per heavy atom. The highest BCUT2D eigenvalue weighted by Gasteiger charge is 2.48. The lowest BCUT2D eigenvalue weighted by atomic mass is 9.94. The number of hydrogen-bond donors (Lipinski definition) is 1. The van der Waals surface area contributed by atoms with Crippen molar-refractivity contribution in [1.29, 1.82) is 0 Å². The predicted octanol–water partition coefficient (Wildman–Crippen LogP) is 3.78. The number of fused-ring (bicyclic) bond motifs is 3. The minimum Gasteiger partial charge on any atom is -0.497 e. The number of methoxy groups -OCH3 is 2. The number of carbonyl (C=O) groups is 2. The van der Waals surface area contributed by atoms with Crippen LogP contribution in [0.25, 0.3) is 11.0 Å². The number of amides is 2. The maximum Gasteiger partial charge on any atom is 0.291 e. The van der Waals surface area contributed by atoms with Crippen LogP contribution < -0.4 is 14.8 Å². The number of nitrogens with one attached hydrogen (secondary N) is 1. The number of carbonyl (C=O) groups excluding carboxylic acids is 2. The van der Waals surface area contributed by atoms with Crippen LogP contribution in [0.2, 0.25) is 0 Å². The van der Waals surface area contributed by atoms with Crippen LogP contribution in [-0.2, 0) is 24.4 Å². The topological polar surface area (TPSA) is 85.7 Å². The van der Waals surface area contributed by atoms with Gasteiger partial charge in [-0.3, -0.25) is 9.59 Å². The van der Waals surface area contributed by atoms with Gasteiger partial charge in [0.1, 0.15) is 17.0 Å². The summed E-state index contributed by atoms with van der Waals surface area (Å²) in [4.78, 5) is 33.9. The summed E-state index contributed by atoms with van der Waals surface area (Å²) in [5.74, 6) is 0.985. The lowest BCUT2D eigenvalue weighted by Gasteiger charge is -2.43. The molecule has 1 N–H and O–H groups in total. The van der Waals surface area contributed by atoms with Crippen molar-refractivity contribution in [2.24, 2.45) is 0 Å². The average Bonchev–Trinajstić information content (AvgIpc) is 3.28. The molecule has 0 unspecified atom stereocenters. The molecule has 0 fully saturated rings. The Labute approximate surface area is 209 Å². The lowest BCUT2D eigenvalue weighted by molar-refractivity contribution is -0.133. The highest BCUT2D eigenvalue weighted by atomic mass is 16.5. The number of nitrogens with zero attached hydrogens (tertiary/aromatic N) is 3. The first-order valence-corrected chi connectivity index (χ1v) is 11.7. The minimum absolute atomic E-state index is 0.171. The second kappa shape index (κ2) is 9.37. The van der Waals surface area contributed by atoms with Gasteiger partial charge in [-0.25, -0.2) is 4.98 Å².